The summed E-state index contributed by atoms with van der Waals surface area (Å²) in [5, 5.41) is 0. The monoisotopic (exact) mass is 723 g/mol. The first-order valence-electron chi connectivity index (χ1n) is 17.8. The molecular formula is C49H42BrN. The minimum absolute atomic E-state index is 0.111. The molecule has 2 aliphatic carbocycles. The Morgan fingerprint density at radius 1 is 0.608 bits per heavy atom. The molecule has 0 saturated carbocycles. The van der Waals surface area contributed by atoms with Crippen molar-refractivity contribution in [1.82, 2.24) is 0 Å². The predicted octanol–water partition coefficient (Wildman–Crippen LogP) is 14.0. The zero-order chi connectivity index (χ0) is 35.5. The molecule has 1 nitrogen and oxygen atoms in total. The summed E-state index contributed by atoms with van der Waals surface area (Å²) in [4.78, 5) is 2.47. The van der Waals surface area contributed by atoms with Gasteiger partial charge in [0.2, 0.25) is 0 Å². The Morgan fingerprint density at radius 2 is 1.22 bits per heavy atom. The Morgan fingerprint density at radius 3 is 1.94 bits per heavy atom. The lowest BCUT2D eigenvalue weighted by Crippen LogP contribution is -2.20. The summed E-state index contributed by atoms with van der Waals surface area (Å²) in [6.45, 7) is 15.9. The fourth-order valence-corrected chi connectivity index (χ4v) is 8.82. The van der Waals surface area contributed by atoms with Crippen molar-refractivity contribution >= 4 is 32.9 Å². The van der Waals surface area contributed by atoms with Crippen molar-refractivity contribution in [2.75, 3.05) is 4.90 Å². The van der Waals surface area contributed by atoms with Crippen LogP contribution in [0.2, 0.25) is 0 Å². The number of hydrogen-bond acceptors (Lipinski definition) is 1. The van der Waals surface area contributed by atoms with E-state index in [1.165, 1.54) is 61.3 Å². The average Bonchev–Trinajstić information content (AvgIpc) is 3.53. The van der Waals surface area contributed by atoms with Crippen molar-refractivity contribution in [2.45, 2.75) is 45.4 Å². The number of rotatable bonds is 7. The molecule has 0 radical (unpaired) electrons. The molecule has 0 N–H and O–H groups in total. The third-order valence-corrected chi connectivity index (χ3v) is 11.6. The van der Waals surface area contributed by atoms with E-state index in [4.69, 9.17) is 0 Å². The van der Waals surface area contributed by atoms with E-state index in [0.717, 1.165) is 27.0 Å². The molecule has 0 spiro atoms. The van der Waals surface area contributed by atoms with Gasteiger partial charge in [-0.2, -0.15) is 0 Å². The second-order valence-electron chi connectivity index (χ2n) is 14.7. The Kier molecular flexibility index (Phi) is 8.12. The lowest BCUT2D eigenvalue weighted by Gasteiger charge is -2.31. The van der Waals surface area contributed by atoms with Gasteiger partial charge < -0.3 is 4.90 Å². The summed E-state index contributed by atoms with van der Waals surface area (Å²) in [6, 6.07) is 48.9. The van der Waals surface area contributed by atoms with Gasteiger partial charge >= 0.3 is 0 Å². The number of halogens is 1. The van der Waals surface area contributed by atoms with Crippen molar-refractivity contribution in [3.63, 3.8) is 0 Å². The van der Waals surface area contributed by atoms with E-state index in [1.54, 1.807) is 0 Å². The third-order valence-electron chi connectivity index (χ3n) is 11.1. The molecule has 51 heavy (non-hydrogen) atoms. The molecular weight excluding hydrogens is 682 g/mol. The quantitative estimate of drug-likeness (QED) is 0.148. The summed E-state index contributed by atoms with van der Waals surface area (Å²) in [5.74, 6) is 0. The molecule has 0 saturated heterocycles. The molecule has 6 aromatic rings. The van der Waals surface area contributed by atoms with E-state index in [2.05, 4.69) is 208 Å². The normalized spacial score (nSPS) is 15.1. The van der Waals surface area contributed by atoms with Crippen molar-refractivity contribution in [3.8, 4) is 33.4 Å². The molecule has 0 fully saturated rings. The summed E-state index contributed by atoms with van der Waals surface area (Å²) in [6.07, 6.45) is 6.52. The highest BCUT2D eigenvalue weighted by Gasteiger charge is 2.39. The van der Waals surface area contributed by atoms with Gasteiger partial charge in [-0.3, -0.25) is 0 Å². The lowest BCUT2D eigenvalue weighted by atomic mass is 9.82. The van der Waals surface area contributed by atoms with Crippen molar-refractivity contribution in [1.29, 1.82) is 0 Å². The van der Waals surface area contributed by atoms with Gasteiger partial charge in [-0.1, -0.05) is 159 Å². The highest BCUT2D eigenvalue weighted by Crippen LogP contribution is 2.55. The van der Waals surface area contributed by atoms with Gasteiger partial charge in [-0.25, -0.2) is 0 Å². The first kappa shape index (κ1) is 33.0. The predicted molar refractivity (Wildman–Crippen MR) is 222 cm³/mol. The van der Waals surface area contributed by atoms with Gasteiger partial charge in [-0.05, 0) is 111 Å². The molecule has 0 aromatic heterocycles. The van der Waals surface area contributed by atoms with Crippen LogP contribution < -0.4 is 4.90 Å². The second-order valence-corrected chi connectivity index (χ2v) is 15.6. The van der Waals surface area contributed by atoms with E-state index in [1.807, 2.05) is 6.08 Å². The van der Waals surface area contributed by atoms with Crippen LogP contribution in [-0.4, -0.2) is 0 Å². The molecule has 0 heterocycles. The SMILES string of the molecule is C=C/C(=C\C(=C/C)N(c1ccc2c(c1)C(C)(C)c1ccccc1-2)c1cccc2c1-c1ccccc1C2(C)C)c1cccc(-c2cccc(Br)c2)c1. The maximum absolute atomic E-state index is 4.32. The number of anilines is 2. The Balaban J connectivity index is 1.34. The summed E-state index contributed by atoms with van der Waals surface area (Å²) in [5.41, 5.74) is 18.4. The van der Waals surface area contributed by atoms with Gasteiger partial charge in [0.15, 0.2) is 0 Å². The molecule has 2 heteroatoms. The number of allylic oxidation sites excluding steroid dienone is 4. The maximum Gasteiger partial charge on any atom is 0.0543 e. The minimum atomic E-state index is -0.119. The molecule has 6 aromatic carbocycles. The number of fused-ring (bicyclic) bond motifs is 6. The van der Waals surface area contributed by atoms with Crippen molar-refractivity contribution in [2.24, 2.45) is 0 Å². The second kappa shape index (κ2) is 12.5. The molecule has 8 rings (SSSR count). The maximum atomic E-state index is 4.32. The van der Waals surface area contributed by atoms with Gasteiger partial charge in [0, 0.05) is 32.3 Å². The zero-order valence-corrected chi connectivity index (χ0v) is 31.6. The number of hydrogen-bond donors (Lipinski definition) is 0. The van der Waals surface area contributed by atoms with Crippen LogP contribution in [0.1, 0.15) is 62.4 Å². The summed E-state index contributed by atoms with van der Waals surface area (Å²) < 4.78 is 1.07. The van der Waals surface area contributed by atoms with E-state index in [-0.39, 0.29) is 10.8 Å². The molecule has 0 aliphatic heterocycles. The Labute approximate surface area is 311 Å². The number of benzene rings is 6. The highest BCUT2D eigenvalue weighted by molar-refractivity contribution is 9.10. The van der Waals surface area contributed by atoms with Crippen LogP contribution in [0.25, 0.3) is 39.0 Å². The van der Waals surface area contributed by atoms with Crippen molar-refractivity contribution in [3.05, 3.63) is 196 Å². The van der Waals surface area contributed by atoms with Crippen LogP contribution in [-0.2, 0) is 10.8 Å². The highest BCUT2D eigenvalue weighted by atomic mass is 79.9. The molecule has 0 unspecified atom stereocenters. The largest absolute Gasteiger partial charge is 0.310 e. The van der Waals surface area contributed by atoms with Gasteiger partial charge in [0.1, 0.15) is 0 Å². The van der Waals surface area contributed by atoms with Crippen LogP contribution in [0.3, 0.4) is 0 Å². The van der Waals surface area contributed by atoms with Gasteiger partial charge in [0.25, 0.3) is 0 Å². The third kappa shape index (κ3) is 5.36. The molecule has 250 valence electrons. The van der Waals surface area contributed by atoms with Crippen molar-refractivity contribution < 1.29 is 0 Å². The smallest absolute Gasteiger partial charge is 0.0543 e. The first-order valence-corrected chi connectivity index (χ1v) is 18.6. The zero-order valence-electron chi connectivity index (χ0n) is 30.0. The fraction of sp³-hybridized carbons (Fsp3) is 0.143. The van der Waals surface area contributed by atoms with Gasteiger partial charge in [-0.15, -0.1) is 0 Å². The fourth-order valence-electron chi connectivity index (χ4n) is 8.42. The standard InChI is InChI=1S/C49H42BrN/c1-7-32(33-16-13-17-34(28-33)35-18-14-19-36(50)29-35)30-37(8-2)51(38-26-27-40-39-20-9-11-22-42(39)49(5,6)45(40)31-38)46-25-15-24-44-47(46)41-21-10-12-23-43(41)48(44,3)4/h7-31H,1H2,2-6H3/b32-30+,37-8+. The molecule has 0 amide bonds. The Bertz CT molecular complexity index is 2420. The topological polar surface area (TPSA) is 3.24 Å². The average molecular weight is 725 g/mol. The van der Waals surface area contributed by atoms with E-state index in [9.17, 15) is 0 Å². The lowest BCUT2D eigenvalue weighted by molar-refractivity contribution is 0.660. The van der Waals surface area contributed by atoms with Crippen LogP contribution in [0.5, 0.6) is 0 Å². The van der Waals surface area contributed by atoms with Crippen LogP contribution in [0.4, 0.5) is 11.4 Å². The van der Waals surface area contributed by atoms with Gasteiger partial charge in [0.05, 0.1) is 5.69 Å². The molecule has 2 aliphatic rings. The first-order chi connectivity index (χ1) is 24.6. The summed E-state index contributed by atoms with van der Waals surface area (Å²) in [7, 11) is 0. The van der Waals surface area contributed by atoms with E-state index in [0.29, 0.717) is 0 Å². The Hall–Kier alpha value is -5.18. The summed E-state index contributed by atoms with van der Waals surface area (Å²) >= 11 is 3.65. The van der Waals surface area contributed by atoms with E-state index < -0.39 is 0 Å². The van der Waals surface area contributed by atoms with Crippen LogP contribution >= 0.6 is 15.9 Å². The minimum Gasteiger partial charge on any atom is -0.310 e. The molecule has 0 atom stereocenters. The van der Waals surface area contributed by atoms with Crippen LogP contribution in [0, 0.1) is 0 Å². The molecule has 0 bridgehead atoms. The number of nitrogens with zero attached hydrogens (tertiary/aromatic N) is 1. The van der Waals surface area contributed by atoms with Crippen LogP contribution in [0.15, 0.2) is 168 Å². The van der Waals surface area contributed by atoms with E-state index >= 15 is 0 Å².